The standard InChI is InChI=1S/C10H7F3N2S/c11-10(12,13)7-3-1-2-4-8(7)16-9-5-6-14-15-9/h1-6H,(H,14,15). The van der Waals surface area contributed by atoms with E-state index >= 15 is 0 Å². The van der Waals surface area contributed by atoms with Gasteiger partial charge in [-0.3, -0.25) is 5.10 Å². The molecule has 16 heavy (non-hydrogen) atoms. The molecule has 0 spiro atoms. The fraction of sp³-hybridized carbons (Fsp3) is 0.100. The highest BCUT2D eigenvalue weighted by Gasteiger charge is 2.33. The van der Waals surface area contributed by atoms with Crippen molar-refractivity contribution < 1.29 is 13.2 Å². The van der Waals surface area contributed by atoms with Crippen LogP contribution in [0, 0.1) is 0 Å². The van der Waals surface area contributed by atoms with Crippen molar-refractivity contribution in [2.24, 2.45) is 0 Å². The minimum absolute atomic E-state index is 0.166. The first-order valence-electron chi connectivity index (χ1n) is 4.41. The molecule has 0 aliphatic heterocycles. The summed E-state index contributed by atoms with van der Waals surface area (Å²) in [7, 11) is 0. The van der Waals surface area contributed by atoms with E-state index in [1.165, 1.54) is 18.3 Å². The Hall–Kier alpha value is -1.43. The summed E-state index contributed by atoms with van der Waals surface area (Å²) in [5, 5.41) is 6.87. The molecule has 0 atom stereocenters. The lowest BCUT2D eigenvalue weighted by atomic mass is 10.2. The van der Waals surface area contributed by atoms with Crippen LogP contribution < -0.4 is 0 Å². The molecule has 2 nitrogen and oxygen atoms in total. The average Bonchev–Trinajstić information content (AvgIpc) is 2.70. The first kappa shape index (κ1) is 11.1. The van der Waals surface area contributed by atoms with Crippen LogP contribution in [0.3, 0.4) is 0 Å². The molecule has 1 aromatic heterocycles. The van der Waals surface area contributed by atoms with Gasteiger partial charge in [0.2, 0.25) is 0 Å². The van der Waals surface area contributed by atoms with E-state index in [9.17, 15) is 13.2 Å². The average molecular weight is 244 g/mol. The van der Waals surface area contributed by atoms with Crippen molar-refractivity contribution in [1.29, 1.82) is 0 Å². The van der Waals surface area contributed by atoms with Gasteiger partial charge in [-0.25, -0.2) is 0 Å². The Kier molecular flexibility index (Phi) is 2.91. The summed E-state index contributed by atoms with van der Waals surface area (Å²) in [5.41, 5.74) is -0.630. The van der Waals surface area contributed by atoms with Gasteiger partial charge in [-0.1, -0.05) is 23.9 Å². The van der Waals surface area contributed by atoms with Gasteiger partial charge in [-0.05, 0) is 18.2 Å². The molecular weight excluding hydrogens is 237 g/mol. The Balaban J connectivity index is 2.34. The van der Waals surface area contributed by atoms with Gasteiger partial charge in [0.1, 0.15) is 0 Å². The van der Waals surface area contributed by atoms with E-state index in [4.69, 9.17) is 0 Å². The Morgan fingerprint density at radius 3 is 2.50 bits per heavy atom. The summed E-state index contributed by atoms with van der Waals surface area (Å²) in [6, 6.07) is 7.08. The Labute approximate surface area is 93.9 Å². The maximum atomic E-state index is 12.6. The van der Waals surface area contributed by atoms with Crippen LogP contribution in [0.2, 0.25) is 0 Å². The molecule has 1 aromatic carbocycles. The smallest absolute Gasteiger partial charge is 0.272 e. The van der Waals surface area contributed by atoms with Crippen molar-refractivity contribution in [1.82, 2.24) is 10.2 Å². The minimum Gasteiger partial charge on any atom is -0.272 e. The van der Waals surface area contributed by atoms with E-state index < -0.39 is 11.7 Å². The summed E-state index contributed by atoms with van der Waals surface area (Å²) in [6.07, 6.45) is -2.83. The molecule has 0 amide bonds. The van der Waals surface area contributed by atoms with E-state index in [2.05, 4.69) is 10.2 Å². The summed E-state index contributed by atoms with van der Waals surface area (Å²) >= 11 is 1.01. The first-order valence-corrected chi connectivity index (χ1v) is 5.22. The molecular formula is C10H7F3N2S. The number of alkyl halides is 3. The van der Waals surface area contributed by atoms with Crippen LogP contribution in [0.4, 0.5) is 13.2 Å². The third-order valence-corrected chi connectivity index (χ3v) is 2.91. The van der Waals surface area contributed by atoms with Gasteiger partial charge in [0.25, 0.3) is 0 Å². The second-order valence-electron chi connectivity index (χ2n) is 3.02. The van der Waals surface area contributed by atoms with E-state index in [1.54, 1.807) is 12.1 Å². The second-order valence-corrected chi connectivity index (χ2v) is 4.10. The zero-order valence-corrected chi connectivity index (χ0v) is 8.77. The Morgan fingerprint density at radius 2 is 1.88 bits per heavy atom. The highest BCUT2D eigenvalue weighted by Crippen LogP contribution is 2.38. The number of hydrogen-bond acceptors (Lipinski definition) is 2. The van der Waals surface area contributed by atoms with Crippen LogP contribution in [0.5, 0.6) is 0 Å². The summed E-state index contributed by atoms with van der Waals surface area (Å²) in [5.74, 6) is 0. The van der Waals surface area contributed by atoms with Crippen LogP contribution in [0.15, 0.2) is 46.5 Å². The van der Waals surface area contributed by atoms with Crippen LogP contribution in [0.25, 0.3) is 0 Å². The van der Waals surface area contributed by atoms with Gasteiger partial charge in [0.15, 0.2) is 0 Å². The largest absolute Gasteiger partial charge is 0.417 e. The molecule has 1 N–H and O–H groups in total. The number of benzene rings is 1. The molecule has 2 aromatic rings. The lowest BCUT2D eigenvalue weighted by Gasteiger charge is -2.10. The Morgan fingerprint density at radius 1 is 1.12 bits per heavy atom. The van der Waals surface area contributed by atoms with Crippen LogP contribution >= 0.6 is 11.8 Å². The fourth-order valence-electron chi connectivity index (χ4n) is 1.21. The number of H-pyrrole nitrogens is 1. The summed E-state index contributed by atoms with van der Waals surface area (Å²) in [6.45, 7) is 0. The highest BCUT2D eigenvalue weighted by atomic mass is 32.2. The van der Waals surface area contributed by atoms with E-state index in [0.29, 0.717) is 5.03 Å². The number of halogens is 3. The lowest BCUT2D eigenvalue weighted by Crippen LogP contribution is -2.06. The van der Waals surface area contributed by atoms with E-state index in [0.717, 1.165) is 17.8 Å². The molecule has 84 valence electrons. The van der Waals surface area contributed by atoms with Crippen LogP contribution in [-0.2, 0) is 6.18 Å². The van der Waals surface area contributed by atoms with Gasteiger partial charge in [-0.15, -0.1) is 0 Å². The maximum Gasteiger partial charge on any atom is 0.417 e. The van der Waals surface area contributed by atoms with Crippen molar-refractivity contribution >= 4 is 11.8 Å². The molecule has 0 aliphatic carbocycles. The van der Waals surface area contributed by atoms with Crippen LogP contribution in [-0.4, -0.2) is 10.2 Å². The molecule has 0 bridgehead atoms. The van der Waals surface area contributed by atoms with Crippen molar-refractivity contribution in [2.75, 3.05) is 0 Å². The number of nitrogens with zero attached hydrogens (tertiary/aromatic N) is 1. The molecule has 0 saturated carbocycles. The van der Waals surface area contributed by atoms with Gasteiger partial charge >= 0.3 is 6.18 Å². The number of hydrogen-bond donors (Lipinski definition) is 1. The van der Waals surface area contributed by atoms with Crippen molar-refractivity contribution in [2.45, 2.75) is 16.1 Å². The lowest BCUT2D eigenvalue weighted by molar-refractivity contribution is -0.139. The van der Waals surface area contributed by atoms with Crippen LogP contribution in [0.1, 0.15) is 5.56 Å². The fourth-order valence-corrected chi connectivity index (χ4v) is 2.11. The number of aromatic nitrogens is 2. The van der Waals surface area contributed by atoms with Crippen molar-refractivity contribution in [3.63, 3.8) is 0 Å². The summed E-state index contributed by atoms with van der Waals surface area (Å²) < 4.78 is 37.9. The highest BCUT2D eigenvalue weighted by molar-refractivity contribution is 7.99. The summed E-state index contributed by atoms with van der Waals surface area (Å²) in [4.78, 5) is 0.166. The Bertz CT molecular complexity index is 465. The molecule has 0 radical (unpaired) electrons. The third-order valence-electron chi connectivity index (χ3n) is 1.89. The minimum atomic E-state index is -4.33. The van der Waals surface area contributed by atoms with Gasteiger partial charge < -0.3 is 0 Å². The maximum absolute atomic E-state index is 12.6. The predicted octanol–water partition coefficient (Wildman–Crippen LogP) is 3.58. The number of rotatable bonds is 2. The normalized spacial score (nSPS) is 11.7. The predicted molar refractivity (Wildman–Crippen MR) is 54.2 cm³/mol. The SMILES string of the molecule is FC(F)(F)c1ccccc1Sc1ccn[nH]1. The third kappa shape index (κ3) is 2.38. The van der Waals surface area contributed by atoms with Gasteiger partial charge in [0.05, 0.1) is 10.6 Å². The zero-order chi connectivity index (χ0) is 11.6. The second kappa shape index (κ2) is 4.21. The molecule has 0 unspecified atom stereocenters. The molecule has 6 heteroatoms. The van der Waals surface area contributed by atoms with E-state index in [-0.39, 0.29) is 4.90 Å². The topological polar surface area (TPSA) is 28.7 Å². The monoisotopic (exact) mass is 244 g/mol. The number of aromatic amines is 1. The quantitative estimate of drug-likeness (QED) is 0.874. The number of nitrogens with one attached hydrogen (secondary N) is 1. The molecule has 0 aliphatic rings. The zero-order valence-electron chi connectivity index (χ0n) is 7.95. The van der Waals surface area contributed by atoms with Gasteiger partial charge in [-0.2, -0.15) is 18.3 Å². The van der Waals surface area contributed by atoms with Crippen molar-refractivity contribution in [3.8, 4) is 0 Å². The van der Waals surface area contributed by atoms with Gasteiger partial charge in [0, 0.05) is 11.1 Å². The molecule has 0 saturated heterocycles. The molecule has 2 rings (SSSR count). The first-order chi connectivity index (χ1) is 7.57. The van der Waals surface area contributed by atoms with E-state index in [1.807, 2.05) is 0 Å². The molecule has 1 heterocycles. The molecule has 0 fully saturated rings. The van der Waals surface area contributed by atoms with Crippen molar-refractivity contribution in [3.05, 3.63) is 42.1 Å².